The lowest BCUT2D eigenvalue weighted by Gasteiger charge is -2.04. The van der Waals surface area contributed by atoms with Crippen LogP contribution in [0.3, 0.4) is 0 Å². The third kappa shape index (κ3) is 2.01. The van der Waals surface area contributed by atoms with Gasteiger partial charge in [0.1, 0.15) is 22.3 Å². The first-order valence-corrected chi connectivity index (χ1v) is 9.97. The summed E-state index contributed by atoms with van der Waals surface area (Å²) >= 11 is 0. The fourth-order valence-electron chi connectivity index (χ4n) is 4.66. The molecular weight excluding hydrogens is 370 g/mol. The van der Waals surface area contributed by atoms with Gasteiger partial charge in [-0.25, -0.2) is 0 Å². The summed E-state index contributed by atoms with van der Waals surface area (Å²) in [5.41, 5.74) is 5.59. The fraction of sp³-hybridized carbons (Fsp3) is 0. The molecule has 0 saturated heterocycles. The van der Waals surface area contributed by atoms with Gasteiger partial charge in [-0.15, -0.1) is 0 Å². The Morgan fingerprint density at radius 3 is 2.27 bits per heavy atom. The summed E-state index contributed by atoms with van der Waals surface area (Å²) in [4.78, 5) is 4.17. The molecule has 0 aliphatic carbocycles. The first kappa shape index (κ1) is 15.8. The Balaban J connectivity index is 1.80. The van der Waals surface area contributed by atoms with Crippen LogP contribution in [-0.4, -0.2) is 4.98 Å². The van der Waals surface area contributed by atoms with E-state index in [0.29, 0.717) is 0 Å². The summed E-state index contributed by atoms with van der Waals surface area (Å²) < 4.78 is 12.8. The summed E-state index contributed by atoms with van der Waals surface area (Å²) in [6.07, 6.45) is 3.61. The van der Waals surface area contributed by atoms with Crippen LogP contribution in [0.4, 0.5) is 0 Å². The molecule has 7 aromatic rings. The Kier molecular flexibility index (Phi) is 3.00. The molecule has 0 radical (unpaired) electrons. The Morgan fingerprint density at radius 2 is 1.37 bits per heavy atom. The van der Waals surface area contributed by atoms with Crippen LogP contribution in [0.15, 0.2) is 100 Å². The standard InChI is InChI=1S/C27H15NO2/c1-2-6-18-16(5-1)9-10-22-24(18)26-23(29-22)15-20(17-11-13-28-14-12-17)27-25(26)19-7-3-4-8-21(19)30-27/h1-15H. The molecule has 0 amide bonds. The molecule has 7 rings (SSSR count). The maximum atomic E-state index is 6.41. The second-order valence-electron chi connectivity index (χ2n) is 7.60. The van der Waals surface area contributed by atoms with E-state index in [0.717, 1.165) is 55.0 Å². The number of rotatable bonds is 1. The van der Waals surface area contributed by atoms with E-state index in [-0.39, 0.29) is 0 Å². The first-order chi connectivity index (χ1) is 14.9. The van der Waals surface area contributed by atoms with Crippen LogP contribution in [0.1, 0.15) is 0 Å². The van der Waals surface area contributed by atoms with Crippen LogP contribution in [0.2, 0.25) is 0 Å². The molecule has 0 spiro atoms. The lowest BCUT2D eigenvalue weighted by Crippen LogP contribution is -1.81. The van der Waals surface area contributed by atoms with Gasteiger partial charge in [0, 0.05) is 39.5 Å². The molecule has 3 heterocycles. The molecule has 0 bridgehead atoms. The van der Waals surface area contributed by atoms with Crippen LogP contribution in [0, 0.1) is 0 Å². The van der Waals surface area contributed by atoms with Gasteiger partial charge >= 0.3 is 0 Å². The van der Waals surface area contributed by atoms with Crippen molar-refractivity contribution in [2.75, 3.05) is 0 Å². The predicted octanol–water partition coefficient (Wildman–Crippen LogP) is 7.70. The number of aromatic nitrogens is 1. The number of furan rings is 2. The van der Waals surface area contributed by atoms with Crippen molar-refractivity contribution in [3.8, 4) is 11.1 Å². The van der Waals surface area contributed by atoms with Crippen LogP contribution in [0.25, 0.3) is 65.8 Å². The van der Waals surface area contributed by atoms with Crippen molar-refractivity contribution in [1.82, 2.24) is 4.98 Å². The molecule has 0 unspecified atom stereocenters. The Hall–Kier alpha value is -4.11. The van der Waals surface area contributed by atoms with Gasteiger partial charge in [-0.05, 0) is 46.7 Å². The SMILES string of the molecule is c1ccc2c(c1)ccc1oc3cc(-c4ccncc4)c4oc5ccccc5c4c3c12. The van der Waals surface area contributed by atoms with Gasteiger partial charge in [0.05, 0.1) is 0 Å². The number of fused-ring (bicyclic) bond motifs is 9. The second-order valence-corrected chi connectivity index (χ2v) is 7.60. The summed E-state index contributed by atoms with van der Waals surface area (Å²) in [5, 5.41) is 6.85. The minimum Gasteiger partial charge on any atom is -0.456 e. The predicted molar refractivity (Wildman–Crippen MR) is 122 cm³/mol. The Labute approximate surface area is 171 Å². The summed E-state index contributed by atoms with van der Waals surface area (Å²) in [6.45, 7) is 0. The van der Waals surface area contributed by atoms with E-state index in [1.807, 2.05) is 24.3 Å². The number of hydrogen-bond acceptors (Lipinski definition) is 3. The maximum Gasteiger partial charge on any atom is 0.144 e. The zero-order valence-electron chi connectivity index (χ0n) is 15.9. The molecule has 0 aliphatic rings. The van der Waals surface area contributed by atoms with Crippen LogP contribution in [-0.2, 0) is 0 Å². The van der Waals surface area contributed by atoms with E-state index >= 15 is 0 Å². The van der Waals surface area contributed by atoms with E-state index < -0.39 is 0 Å². The minimum absolute atomic E-state index is 0.868. The number of para-hydroxylation sites is 1. The van der Waals surface area contributed by atoms with Crippen molar-refractivity contribution in [3.05, 3.63) is 91.3 Å². The van der Waals surface area contributed by atoms with Crippen molar-refractivity contribution in [2.24, 2.45) is 0 Å². The third-order valence-corrected chi connectivity index (χ3v) is 5.96. The van der Waals surface area contributed by atoms with Gasteiger partial charge in [-0.2, -0.15) is 0 Å². The van der Waals surface area contributed by atoms with Crippen molar-refractivity contribution >= 4 is 54.6 Å². The molecular formula is C27H15NO2. The van der Waals surface area contributed by atoms with E-state index in [1.54, 1.807) is 12.4 Å². The minimum atomic E-state index is 0.868. The highest BCUT2D eigenvalue weighted by atomic mass is 16.3. The van der Waals surface area contributed by atoms with Crippen molar-refractivity contribution in [3.63, 3.8) is 0 Å². The van der Waals surface area contributed by atoms with Crippen molar-refractivity contribution in [1.29, 1.82) is 0 Å². The lowest BCUT2D eigenvalue weighted by atomic mass is 9.97. The highest BCUT2D eigenvalue weighted by Crippen LogP contribution is 2.45. The first-order valence-electron chi connectivity index (χ1n) is 9.97. The molecule has 140 valence electrons. The van der Waals surface area contributed by atoms with Gasteiger partial charge in [-0.3, -0.25) is 4.98 Å². The van der Waals surface area contributed by atoms with Crippen molar-refractivity contribution < 1.29 is 8.83 Å². The molecule has 0 saturated carbocycles. The van der Waals surface area contributed by atoms with Gasteiger partial charge in [0.25, 0.3) is 0 Å². The van der Waals surface area contributed by atoms with E-state index in [4.69, 9.17) is 8.83 Å². The largest absolute Gasteiger partial charge is 0.456 e. The molecule has 4 aromatic carbocycles. The van der Waals surface area contributed by atoms with Gasteiger partial charge < -0.3 is 8.83 Å². The summed E-state index contributed by atoms with van der Waals surface area (Å²) in [5.74, 6) is 0. The molecule has 3 nitrogen and oxygen atoms in total. The zero-order valence-corrected chi connectivity index (χ0v) is 15.9. The average molecular weight is 385 g/mol. The third-order valence-electron chi connectivity index (χ3n) is 5.96. The molecule has 0 atom stereocenters. The zero-order chi connectivity index (χ0) is 19.7. The molecule has 0 aliphatic heterocycles. The van der Waals surface area contributed by atoms with Crippen molar-refractivity contribution in [2.45, 2.75) is 0 Å². The Bertz CT molecular complexity index is 1740. The van der Waals surface area contributed by atoms with Gasteiger partial charge in [0.2, 0.25) is 0 Å². The number of pyridine rings is 1. The van der Waals surface area contributed by atoms with E-state index in [1.165, 1.54) is 10.8 Å². The smallest absolute Gasteiger partial charge is 0.144 e. The monoisotopic (exact) mass is 385 g/mol. The summed E-state index contributed by atoms with van der Waals surface area (Å²) in [6, 6.07) is 27.0. The van der Waals surface area contributed by atoms with Gasteiger partial charge in [0.15, 0.2) is 0 Å². The highest BCUT2D eigenvalue weighted by Gasteiger charge is 2.21. The topological polar surface area (TPSA) is 39.2 Å². The average Bonchev–Trinajstić information content (AvgIpc) is 3.37. The lowest BCUT2D eigenvalue weighted by molar-refractivity contribution is 0.664. The molecule has 3 aromatic heterocycles. The number of hydrogen-bond donors (Lipinski definition) is 0. The molecule has 0 fully saturated rings. The normalized spacial score (nSPS) is 12.0. The highest BCUT2D eigenvalue weighted by molar-refractivity contribution is 6.32. The van der Waals surface area contributed by atoms with E-state index in [9.17, 15) is 0 Å². The van der Waals surface area contributed by atoms with Crippen LogP contribution < -0.4 is 0 Å². The Morgan fingerprint density at radius 1 is 0.567 bits per heavy atom. The fourth-order valence-corrected chi connectivity index (χ4v) is 4.66. The number of nitrogens with zero attached hydrogens (tertiary/aromatic N) is 1. The van der Waals surface area contributed by atoms with E-state index in [2.05, 4.69) is 59.6 Å². The second kappa shape index (κ2) is 5.71. The number of benzene rings is 4. The quantitative estimate of drug-likeness (QED) is 0.291. The molecule has 0 N–H and O–H groups in total. The molecule has 3 heteroatoms. The molecule has 30 heavy (non-hydrogen) atoms. The maximum absolute atomic E-state index is 6.41. The van der Waals surface area contributed by atoms with Crippen LogP contribution in [0.5, 0.6) is 0 Å². The summed E-state index contributed by atoms with van der Waals surface area (Å²) in [7, 11) is 0. The van der Waals surface area contributed by atoms with Crippen LogP contribution >= 0.6 is 0 Å². The van der Waals surface area contributed by atoms with Gasteiger partial charge in [-0.1, -0.05) is 48.5 Å².